The number of thiophene rings is 1. The summed E-state index contributed by atoms with van der Waals surface area (Å²) >= 11 is 6.79. The quantitative estimate of drug-likeness (QED) is 0.675. The van der Waals surface area contributed by atoms with Crippen LogP contribution in [-0.2, 0) is 0 Å². The third-order valence-electron chi connectivity index (χ3n) is 3.31. The predicted molar refractivity (Wildman–Crippen MR) is 95.1 cm³/mol. The number of hydrogen-bond acceptors (Lipinski definition) is 4. The van der Waals surface area contributed by atoms with Crippen molar-refractivity contribution in [2.45, 2.75) is 6.92 Å². The third-order valence-corrected chi connectivity index (χ3v) is 4.75. The molecule has 2 heterocycles. The van der Waals surface area contributed by atoms with Crippen LogP contribution in [0.25, 0.3) is 0 Å². The van der Waals surface area contributed by atoms with E-state index in [0.717, 1.165) is 11.3 Å². The molecule has 0 aliphatic carbocycles. The van der Waals surface area contributed by atoms with E-state index in [9.17, 15) is 14.0 Å². The highest BCUT2D eigenvalue weighted by Gasteiger charge is 2.18. The minimum Gasteiger partial charge on any atom is -0.459 e. The van der Waals surface area contributed by atoms with Gasteiger partial charge in [-0.05, 0) is 42.8 Å². The number of rotatable bonds is 4. The fourth-order valence-corrected chi connectivity index (χ4v) is 3.27. The first-order valence-corrected chi connectivity index (χ1v) is 8.36. The van der Waals surface area contributed by atoms with Crippen LogP contribution in [0.15, 0.2) is 47.1 Å². The maximum absolute atomic E-state index is 13.9. The summed E-state index contributed by atoms with van der Waals surface area (Å²) in [6, 6.07) is 9.15. The summed E-state index contributed by atoms with van der Waals surface area (Å²) < 4.78 is 18.9. The van der Waals surface area contributed by atoms with Crippen molar-refractivity contribution in [3.05, 3.63) is 69.7 Å². The first-order valence-electron chi connectivity index (χ1n) is 7.16. The van der Waals surface area contributed by atoms with Crippen molar-refractivity contribution in [1.82, 2.24) is 0 Å². The molecule has 0 fully saturated rings. The van der Waals surface area contributed by atoms with Gasteiger partial charge in [-0.1, -0.05) is 17.7 Å². The average molecular weight is 379 g/mol. The number of hydrogen-bond donors (Lipinski definition) is 2. The highest BCUT2D eigenvalue weighted by atomic mass is 35.5. The largest absolute Gasteiger partial charge is 0.459 e. The summed E-state index contributed by atoms with van der Waals surface area (Å²) in [5, 5.41) is 5.54. The summed E-state index contributed by atoms with van der Waals surface area (Å²) in [6.45, 7) is 1.72. The van der Waals surface area contributed by atoms with Crippen LogP contribution in [0.1, 0.15) is 25.8 Å². The first-order chi connectivity index (χ1) is 12.0. The minimum absolute atomic E-state index is 0.00790. The van der Waals surface area contributed by atoms with Gasteiger partial charge in [0.15, 0.2) is 11.6 Å². The topological polar surface area (TPSA) is 71.3 Å². The average Bonchev–Trinajstić information content (AvgIpc) is 3.21. The molecule has 2 amide bonds. The second kappa shape index (κ2) is 7.08. The van der Waals surface area contributed by atoms with E-state index >= 15 is 0 Å². The van der Waals surface area contributed by atoms with Gasteiger partial charge in [-0.3, -0.25) is 9.59 Å². The highest BCUT2D eigenvalue weighted by molar-refractivity contribution is 7.18. The Bertz CT molecular complexity index is 938. The molecular weight excluding hydrogens is 367 g/mol. The van der Waals surface area contributed by atoms with Crippen LogP contribution >= 0.6 is 22.9 Å². The van der Waals surface area contributed by atoms with Gasteiger partial charge < -0.3 is 15.1 Å². The lowest BCUT2D eigenvalue weighted by Crippen LogP contribution is -2.12. The molecule has 0 aliphatic heterocycles. The molecule has 5 nitrogen and oxygen atoms in total. The van der Waals surface area contributed by atoms with Crippen LogP contribution < -0.4 is 10.6 Å². The maximum atomic E-state index is 13.9. The van der Waals surface area contributed by atoms with Gasteiger partial charge in [0.2, 0.25) is 0 Å². The fraction of sp³-hybridized carbons (Fsp3) is 0.0588. The molecule has 25 heavy (non-hydrogen) atoms. The van der Waals surface area contributed by atoms with E-state index in [1.54, 1.807) is 19.1 Å². The molecule has 0 saturated heterocycles. The lowest BCUT2D eigenvalue weighted by molar-refractivity contribution is 0.0995. The fourth-order valence-electron chi connectivity index (χ4n) is 2.13. The van der Waals surface area contributed by atoms with E-state index in [1.165, 1.54) is 30.5 Å². The number of benzene rings is 1. The van der Waals surface area contributed by atoms with Gasteiger partial charge in [-0.25, -0.2) is 4.39 Å². The molecular formula is C17H12ClFN2O3S. The number of aryl methyl sites for hydroxylation is 1. The molecule has 0 bridgehead atoms. The smallest absolute Gasteiger partial charge is 0.291 e. The Labute approximate surface area is 151 Å². The van der Waals surface area contributed by atoms with Crippen LogP contribution in [0.2, 0.25) is 5.02 Å². The molecule has 3 rings (SSSR count). The van der Waals surface area contributed by atoms with Gasteiger partial charge in [0, 0.05) is 0 Å². The van der Waals surface area contributed by atoms with E-state index < -0.39 is 17.6 Å². The lowest BCUT2D eigenvalue weighted by atomic mass is 10.2. The molecule has 1 aromatic carbocycles. The normalized spacial score (nSPS) is 10.5. The molecule has 0 atom stereocenters. The number of halogens is 2. The minimum atomic E-state index is -0.696. The van der Waals surface area contributed by atoms with Crippen molar-refractivity contribution < 1.29 is 18.4 Å². The third kappa shape index (κ3) is 3.72. The lowest BCUT2D eigenvalue weighted by Gasteiger charge is -2.06. The Morgan fingerprint density at radius 1 is 1.16 bits per heavy atom. The molecule has 0 radical (unpaired) electrons. The summed E-state index contributed by atoms with van der Waals surface area (Å²) in [5.41, 5.74) is 0.645. The van der Waals surface area contributed by atoms with Crippen LogP contribution in [0.4, 0.5) is 15.1 Å². The van der Waals surface area contributed by atoms with Gasteiger partial charge in [0.05, 0.1) is 26.9 Å². The van der Waals surface area contributed by atoms with E-state index in [2.05, 4.69) is 10.6 Å². The molecule has 0 spiro atoms. The summed E-state index contributed by atoms with van der Waals surface area (Å²) in [6.07, 6.45) is 1.40. The van der Waals surface area contributed by atoms with Gasteiger partial charge in [0.1, 0.15) is 0 Å². The van der Waals surface area contributed by atoms with Crippen LogP contribution in [0, 0.1) is 12.7 Å². The molecule has 0 aliphatic rings. The molecule has 3 aromatic rings. The molecule has 2 aromatic heterocycles. The van der Waals surface area contributed by atoms with Crippen molar-refractivity contribution in [3.63, 3.8) is 0 Å². The number of amides is 2. The number of carbonyl (C=O) groups is 2. The van der Waals surface area contributed by atoms with E-state index in [4.69, 9.17) is 16.0 Å². The van der Waals surface area contributed by atoms with Crippen molar-refractivity contribution in [2.75, 3.05) is 10.6 Å². The van der Waals surface area contributed by atoms with E-state index in [1.807, 2.05) is 0 Å². The first kappa shape index (κ1) is 17.2. The molecule has 2 N–H and O–H groups in total. The van der Waals surface area contributed by atoms with Gasteiger partial charge >= 0.3 is 0 Å². The summed E-state index contributed by atoms with van der Waals surface area (Å²) in [4.78, 5) is 24.7. The zero-order valence-electron chi connectivity index (χ0n) is 12.9. The monoisotopic (exact) mass is 378 g/mol. The van der Waals surface area contributed by atoms with Gasteiger partial charge in [-0.15, -0.1) is 11.3 Å². The SMILES string of the molecule is Cc1cc(NC(=O)c2ccco2)sc1C(=O)Nc1cccc(Cl)c1F. The second-order valence-electron chi connectivity index (χ2n) is 5.11. The van der Waals surface area contributed by atoms with Crippen LogP contribution in [0.3, 0.4) is 0 Å². The number of anilines is 2. The van der Waals surface area contributed by atoms with Crippen molar-refractivity contribution in [1.29, 1.82) is 0 Å². The standard InChI is InChI=1S/C17H12ClFN2O3S/c1-9-8-13(21-16(22)12-6-3-7-24-12)25-15(9)17(23)20-11-5-2-4-10(18)14(11)19/h2-8H,1H3,(H,20,23)(H,21,22). The van der Waals surface area contributed by atoms with Crippen molar-refractivity contribution in [2.24, 2.45) is 0 Å². The Balaban J connectivity index is 1.76. The maximum Gasteiger partial charge on any atom is 0.291 e. The van der Waals surface area contributed by atoms with Gasteiger partial charge in [0.25, 0.3) is 11.8 Å². The number of nitrogens with one attached hydrogen (secondary N) is 2. The molecule has 0 saturated carbocycles. The van der Waals surface area contributed by atoms with Gasteiger partial charge in [-0.2, -0.15) is 0 Å². The Morgan fingerprint density at radius 3 is 2.68 bits per heavy atom. The van der Waals surface area contributed by atoms with Crippen LogP contribution in [0.5, 0.6) is 0 Å². The van der Waals surface area contributed by atoms with Crippen LogP contribution in [-0.4, -0.2) is 11.8 Å². The Hall–Kier alpha value is -2.64. The van der Waals surface area contributed by atoms with Crippen molar-refractivity contribution >= 4 is 45.4 Å². The number of carbonyl (C=O) groups excluding carboxylic acids is 2. The predicted octanol–water partition coefficient (Wildman–Crippen LogP) is 4.95. The second-order valence-corrected chi connectivity index (χ2v) is 6.57. The summed E-state index contributed by atoms with van der Waals surface area (Å²) in [7, 11) is 0. The zero-order chi connectivity index (χ0) is 18.0. The zero-order valence-corrected chi connectivity index (χ0v) is 14.5. The highest BCUT2D eigenvalue weighted by Crippen LogP contribution is 2.29. The Kier molecular flexibility index (Phi) is 4.87. The molecule has 0 unspecified atom stereocenters. The number of furan rings is 1. The van der Waals surface area contributed by atoms with Crippen molar-refractivity contribution in [3.8, 4) is 0 Å². The Morgan fingerprint density at radius 2 is 1.96 bits per heavy atom. The van der Waals surface area contributed by atoms with E-state index in [0.29, 0.717) is 15.4 Å². The summed E-state index contributed by atoms with van der Waals surface area (Å²) in [5.74, 6) is -1.43. The molecule has 128 valence electrons. The van der Waals surface area contributed by atoms with E-state index in [-0.39, 0.29) is 16.5 Å². The molecule has 8 heteroatoms.